The monoisotopic (exact) mass is 271 g/mol. The molecular weight excluding hydrogens is 254 g/mol. The summed E-state index contributed by atoms with van der Waals surface area (Å²) in [4.78, 5) is 4.39. The van der Waals surface area contributed by atoms with Gasteiger partial charge in [0.15, 0.2) is 0 Å². The molecule has 0 aliphatic heterocycles. The largest absolute Gasteiger partial charge is 0.464 e. The van der Waals surface area contributed by atoms with Gasteiger partial charge in [0, 0.05) is 5.39 Å². The molecule has 0 aliphatic carbocycles. The highest BCUT2D eigenvalue weighted by atomic mass is 16.5. The molecule has 0 radical (unpaired) electrons. The number of nitrogens with two attached hydrogens (primary N) is 1. The number of furan rings is 1. The molecule has 1 aromatic carbocycles. The maximum Gasteiger partial charge on any atom is 0.243 e. The van der Waals surface area contributed by atoms with Crippen LogP contribution in [0.15, 0.2) is 39.5 Å². The normalized spacial score (nSPS) is 12.9. The molecule has 0 spiro atoms. The third-order valence-electron chi connectivity index (χ3n) is 3.35. The van der Waals surface area contributed by atoms with Crippen LogP contribution in [0.2, 0.25) is 0 Å². The van der Waals surface area contributed by atoms with Crippen molar-refractivity contribution in [1.29, 1.82) is 0 Å². The van der Waals surface area contributed by atoms with Gasteiger partial charge in [-0.1, -0.05) is 43.1 Å². The van der Waals surface area contributed by atoms with Crippen LogP contribution in [0.1, 0.15) is 38.1 Å². The Labute approximate surface area is 116 Å². The van der Waals surface area contributed by atoms with Crippen LogP contribution >= 0.6 is 0 Å². The van der Waals surface area contributed by atoms with Crippen LogP contribution in [0.5, 0.6) is 0 Å². The Balaban J connectivity index is 1.90. The Kier molecular flexibility index (Phi) is 3.52. The Morgan fingerprint density at radius 1 is 1.30 bits per heavy atom. The lowest BCUT2D eigenvalue weighted by atomic mass is 10.1. The van der Waals surface area contributed by atoms with E-state index in [1.165, 1.54) is 0 Å². The summed E-state index contributed by atoms with van der Waals surface area (Å²) in [5, 5.41) is 4.99. The standard InChI is InChI=1S/C15H17N3O2/c1-2-3-7-12(16)15-17-14(18-20-15)11-9-19-13-8-5-4-6-10(11)13/h4-6,8-9,12H,2-3,7,16H2,1H3/t12-/m0/s1. The number of rotatable bonds is 5. The smallest absolute Gasteiger partial charge is 0.243 e. The van der Waals surface area contributed by atoms with E-state index >= 15 is 0 Å². The Bertz CT molecular complexity index is 702. The predicted octanol–water partition coefficient (Wildman–Crippen LogP) is 3.67. The van der Waals surface area contributed by atoms with E-state index in [0.717, 1.165) is 35.8 Å². The van der Waals surface area contributed by atoms with Crippen molar-refractivity contribution in [1.82, 2.24) is 10.1 Å². The van der Waals surface area contributed by atoms with E-state index < -0.39 is 0 Å². The number of hydrogen-bond donors (Lipinski definition) is 1. The lowest BCUT2D eigenvalue weighted by Crippen LogP contribution is -2.10. The first kappa shape index (κ1) is 12.9. The molecule has 2 aromatic heterocycles. The molecule has 2 N–H and O–H groups in total. The molecule has 0 amide bonds. The number of unbranched alkanes of at least 4 members (excludes halogenated alkanes) is 1. The summed E-state index contributed by atoms with van der Waals surface area (Å²) in [7, 11) is 0. The van der Waals surface area contributed by atoms with Crippen molar-refractivity contribution >= 4 is 11.0 Å². The minimum absolute atomic E-state index is 0.200. The summed E-state index contributed by atoms with van der Waals surface area (Å²) in [6.07, 6.45) is 4.65. The summed E-state index contributed by atoms with van der Waals surface area (Å²) < 4.78 is 10.8. The van der Waals surface area contributed by atoms with Gasteiger partial charge in [0.05, 0.1) is 11.6 Å². The summed E-state index contributed by atoms with van der Waals surface area (Å²) >= 11 is 0. The average molecular weight is 271 g/mol. The van der Waals surface area contributed by atoms with Gasteiger partial charge >= 0.3 is 0 Å². The third-order valence-corrected chi connectivity index (χ3v) is 3.35. The molecule has 3 rings (SSSR count). The zero-order valence-electron chi connectivity index (χ0n) is 11.4. The van der Waals surface area contributed by atoms with Gasteiger partial charge in [-0.15, -0.1) is 0 Å². The number of benzene rings is 1. The second-order valence-electron chi connectivity index (χ2n) is 4.85. The van der Waals surface area contributed by atoms with E-state index in [0.29, 0.717) is 11.7 Å². The molecule has 2 heterocycles. The van der Waals surface area contributed by atoms with Crippen molar-refractivity contribution in [3.8, 4) is 11.4 Å². The van der Waals surface area contributed by atoms with Crippen LogP contribution in [0.4, 0.5) is 0 Å². The van der Waals surface area contributed by atoms with Gasteiger partial charge in [0.2, 0.25) is 11.7 Å². The van der Waals surface area contributed by atoms with E-state index in [9.17, 15) is 0 Å². The molecule has 0 bridgehead atoms. The number of hydrogen-bond acceptors (Lipinski definition) is 5. The van der Waals surface area contributed by atoms with E-state index in [2.05, 4.69) is 17.1 Å². The van der Waals surface area contributed by atoms with Gasteiger partial charge in [-0.3, -0.25) is 0 Å². The number of nitrogens with zero attached hydrogens (tertiary/aromatic N) is 2. The molecule has 5 heteroatoms. The summed E-state index contributed by atoms with van der Waals surface area (Å²) in [5.74, 6) is 1.01. The maximum atomic E-state index is 6.04. The molecule has 0 saturated heterocycles. The quantitative estimate of drug-likeness (QED) is 0.766. The minimum Gasteiger partial charge on any atom is -0.464 e. The minimum atomic E-state index is -0.200. The summed E-state index contributed by atoms with van der Waals surface area (Å²) in [6, 6.07) is 7.57. The highest BCUT2D eigenvalue weighted by Gasteiger charge is 2.17. The Morgan fingerprint density at radius 2 is 2.15 bits per heavy atom. The lowest BCUT2D eigenvalue weighted by Gasteiger charge is -2.03. The zero-order valence-corrected chi connectivity index (χ0v) is 11.4. The van der Waals surface area contributed by atoms with Crippen LogP contribution in [-0.4, -0.2) is 10.1 Å². The fourth-order valence-corrected chi connectivity index (χ4v) is 2.19. The number of aromatic nitrogens is 2. The summed E-state index contributed by atoms with van der Waals surface area (Å²) in [6.45, 7) is 2.13. The van der Waals surface area contributed by atoms with E-state index in [1.807, 2.05) is 24.3 Å². The second-order valence-corrected chi connectivity index (χ2v) is 4.85. The van der Waals surface area contributed by atoms with Crippen LogP contribution in [-0.2, 0) is 0 Å². The molecule has 0 saturated carbocycles. The zero-order chi connectivity index (χ0) is 13.9. The van der Waals surface area contributed by atoms with Gasteiger partial charge in [0.1, 0.15) is 11.8 Å². The van der Waals surface area contributed by atoms with Gasteiger partial charge in [-0.2, -0.15) is 4.98 Å². The third kappa shape index (κ3) is 2.32. The number of para-hydroxylation sites is 1. The van der Waals surface area contributed by atoms with Gasteiger partial charge < -0.3 is 14.7 Å². The first-order chi connectivity index (χ1) is 9.79. The molecule has 0 unspecified atom stereocenters. The van der Waals surface area contributed by atoms with E-state index in [1.54, 1.807) is 6.26 Å². The Hall–Kier alpha value is -2.14. The van der Waals surface area contributed by atoms with Gasteiger partial charge in [0.25, 0.3) is 0 Å². The molecule has 104 valence electrons. The fraction of sp³-hybridized carbons (Fsp3) is 0.333. The number of fused-ring (bicyclic) bond motifs is 1. The average Bonchev–Trinajstić information content (AvgIpc) is 3.10. The molecular formula is C15H17N3O2. The van der Waals surface area contributed by atoms with E-state index in [-0.39, 0.29) is 6.04 Å². The molecule has 3 aromatic rings. The molecule has 20 heavy (non-hydrogen) atoms. The second kappa shape index (κ2) is 5.46. The first-order valence-electron chi connectivity index (χ1n) is 6.85. The predicted molar refractivity (Wildman–Crippen MR) is 76.0 cm³/mol. The fourth-order valence-electron chi connectivity index (χ4n) is 2.19. The first-order valence-corrected chi connectivity index (χ1v) is 6.85. The maximum absolute atomic E-state index is 6.04. The van der Waals surface area contributed by atoms with Crippen LogP contribution < -0.4 is 5.73 Å². The van der Waals surface area contributed by atoms with Crippen molar-refractivity contribution in [2.45, 2.75) is 32.2 Å². The van der Waals surface area contributed by atoms with Crippen molar-refractivity contribution in [2.24, 2.45) is 5.73 Å². The molecule has 1 atom stereocenters. The highest BCUT2D eigenvalue weighted by Crippen LogP contribution is 2.29. The molecule has 5 nitrogen and oxygen atoms in total. The SMILES string of the molecule is CCCC[C@H](N)c1nc(-c2coc3ccccc23)no1. The highest BCUT2D eigenvalue weighted by molar-refractivity contribution is 5.91. The van der Waals surface area contributed by atoms with Crippen LogP contribution in [0.3, 0.4) is 0 Å². The van der Waals surface area contributed by atoms with E-state index in [4.69, 9.17) is 14.7 Å². The van der Waals surface area contributed by atoms with Crippen molar-refractivity contribution in [3.05, 3.63) is 36.4 Å². The van der Waals surface area contributed by atoms with Gasteiger partial charge in [-0.25, -0.2) is 0 Å². The Morgan fingerprint density at radius 3 is 3.00 bits per heavy atom. The summed E-state index contributed by atoms with van der Waals surface area (Å²) in [5.41, 5.74) is 7.68. The van der Waals surface area contributed by atoms with Crippen molar-refractivity contribution in [3.63, 3.8) is 0 Å². The van der Waals surface area contributed by atoms with Crippen LogP contribution in [0, 0.1) is 0 Å². The molecule has 0 aliphatic rings. The van der Waals surface area contributed by atoms with Crippen LogP contribution in [0.25, 0.3) is 22.4 Å². The van der Waals surface area contributed by atoms with Crippen molar-refractivity contribution in [2.75, 3.05) is 0 Å². The topological polar surface area (TPSA) is 78.1 Å². The van der Waals surface area contributed by atoms with Crippen molar-refractivity contribution < 1.29 is 8.94 Å². The molecule has 0 fully saturated rings. The lowest BCUT2D eigenvalue weighted by molar-refractivity contribution is 0.346. The van der Waals surface area contributed by atoms with Gasteiger partial charge in [-0.05, 0) is 12.5 Å².